The average Bonchev–Trinajstić information content (AvgIpc) is 2.54. The zero-order valence-electron chi connectivity index (χ0n) is 13.7. The summed E-state index contributed by atoms with van der Waals surface area (Å²) in [5, 5.41) is 10.9. The molecule has 0 heterocycles. The molecule has 1 unspecified atom stereocenters. The van der Waals surface area contributed by atoms with Gasteiger partial charge in [-0.15, -0.1) is 0 Å². The minimum Gasteiger partial charge on any atom is -0.549 e. The molecule has 0 radical (unpaired) electrons. The molecular weight excluding hydrogens is 296 g/mol. The average molecular weight is 321 g/mol. The van der Waals surface area contributed by atoms with E-state index in [1.54, 1.807) is 6.92 Å². The van der Waals surface area contributed by atoms with Crippen LogP contribution in [0.15, 0.2) is 30.3 Å². The minimum atomic E-state index is -1.35. The van der Waals surface area contributed by atoms with E-state index >= 15 is 0 Å². The Labute approximate surface area is 137 Å². The molecule has 1 aromatic rings. The first kappa shape index (κ1) is 19.2. The molecule has 0 amide bonds. The van der Waals surface area contributed by atoms with Gasteiger partial charge in [-0.25, -0.2) is 0 Å². The highest BCUT2D eigenvalue weighted by Gasteiger charge is 2.20. The lowest BCUT2D eigenvalue weighted by atomic mass is 10.0. The van der Waals surface area contributed by atoms with Gasteiger partial charge in [-0.2, -0.15) is 0 Å². The van der Waals surface area contributed by atoms with Crippen molar-refractivity contribution in [3.63, 3.8) is 0 Å². The quantitative estimate of drug-likeness (QED) is 0.335. The zero-order valence-corrected chi connectivity index (χ0v) is 13.7. The van der Waals surface area contributed by atoms with Gasteiger partial charge >= 0.3 is 5.97 Å². The second-order valence-electron chi connectivity index (χ2n) is 5.36. The van der Waals surface area contributed by atoms with Crippen LogP contribution in [0.2, 0.25) is 0 Å². The Bertz CT molecular complexity index is 458. The number of carbonyl (C=O) groups excluding carboxylic acids is 2. The van der Waals surface area contributed by atoms with Crippen LogP contribution in [0.5, 0.6) is 0 Å². The lowest BCUT2D eigenvalue weighted by Gasteiger charge is -2.16. The lowest BCUT2D eigenvalue weighted by Crippen LogP contribution is -2.37. The molecule has 0 aliphatic heterocycles. The normalized spacial score (nSPS) is 11.9. The Balaban J connectivity index is 2.05. The summed E-state index contributed by atoms with van der Waals surface area (Å²) >= 11 is 0. The number of carboxylic acids is 1. The highest BCUT2D eigenvalue weighted by Crippen LogP contribution is 2.13. The summed E-state index contributed by atoms with van der Waals surface area (Å²) in [6.07, 6.45) is 3.65. The number of esters is 1. The largest absolute Gasteiger partial charge is 0.549 e. The monoisotopic (exact) mass is 321 g/mol. The Morgan fingerprint density at radius 2 is 1.78 bits per heavy atom. The van der Waals surface area contributed by atoms with E-state index in [1.165, 1.54) is 0 Å². The molecule has 0 aromatic heterocycles. The highest BCUT2D eigenvalue weighted by molar-refractivity contribution is 5.92. The van der Waals surface area contributed by atoms with Crippen molar-refractivity contribution in [2.45, 2.75) is 45.6 Å². The number of rotatable bonds is 12. The van der Waals surface area contributed by atoms with Crippen molar-refractivity contribution in [3.05, 3.63) is 35.9 Å². The molecule has 23 heavy (non-hydrogen) atoms. The fourth-order valence-corrected chi connectivity index (χ4v) is 2.25. The number of hydrogen-bond acceptors (Lipinski definition) is 5. The van der Waals surface area contributed by atoms with Crippen LogP contribution in [0.3, 0.4) is 0 Å². The van der Waals surface area contributed by atoms with Gasteiger partial charge in [0.1, 0.15) is 0 Å². The number of ether oxygens (including phenoxy) is 2. The van der Waals surface area contributed by atoms with Crippen LogP contribution in [0, 0.1) is 5.92 Å². The van der Waals surface area contributed by atoms with E-state index in [9.17, 15) is 14.7 Å². The van der Waals surface area contributed by atoms with E-state index in [-0.39, 0.29) is 13.0 Å². The molecular formula is C18H25O5-. The van der Waals surface area contributed by atoms with E-state index in [2.05, 4.69) is 0 Å². The van der Waals surface area contributed by atoms with Gasteiger partial charge in [0.2, 0.25) is 0 Å². The lowest BCUT2D eigenvalue weighted by molar-refractivity contribution is -0.311. The van der Waals surface area contributed by atoms with Gasteiger partial charge < -0.3 is 19.4 Å². The first-order valence-electron chi connectivity index (χ1n) is 8.14. The predicted molar refractivity (Wildman–Crippen MR) is 84.3 cm³/mol. The predicted octanol–water partition coefficient (Wildman–Crippen LogP) is 2.08. The number of benzene rings is 1. The van der Waals surface area contributed by atoms with E-state index in [4.69, 9.17) is 9.47 Å². The Hall–Kier alpha value is -1.88. The van der Waals surface area contributed by atoms with Crippen LogP contribution in [0.1, 0.15) is 44.6 Å². The van der Waals surface area contributed by atoms with Gasteiger partial charge in [-0.05, 0) is 25.3 Å². The molecule has 0 spiro atoms. The van der Waals surface area contributed by atoms with Crippen LogP contribution in [0.4, 0.5) is 0 Å². The molecule has 128 valence electrons. The Kier molecular flexibility index (Phi) is 9.71. The third kappa shape index (κ3) is 8.35. The van der Waals surface area contributed by atoms with Crippen LogP contribution in [-0.2, 0) is 25.7 Å². The first-order valence-corrected chi connectivity index (χ1v) is 8.14. The van der Waals surface area contributed by atoms with E-state index in [1.807, 2.05) is 30.3 Å². The molecule has 0 saturated carbocycles. The van der Waals surface area contributed by atoms with Gasteiger partial charge in [-0.3, -0.25) is 4.79 Å². The van der Waals surface area contributed by atoms with E-state index < -0.39 is 17.9 Å². The third-order valence-electron chi connectivity index (χ3n) is 3.50. The summed E-state index contributed by atoms with van der Waals surface area (Å²) in [6, 6.07) is 9.98. The Morgan fingerprint density at radius 3 is 2.43 bits per heavy atom. The van der Waals surface area contributed by atoms with Crippen molar-refractivity contribution in [2.24, 2.45) is 5.92 Å². The minimum absolute atomic E-state index is 0.182. The summed E-state index contributed by atoms with van der Waals surface area (Å²) in [5.41, 5.74) is 1.15. The summed E-state index contributed by atoms with van der Waals surface area (Å²) in [6.45, 7) is 3.12. The molecule has 0 bridgehead atoms. The molecule has 0 fully saturated rings. The smallest absolute Gasteiger partial charge is 0.314 e. The van der Waals surface area contributed by atoms with Crippen LogP contribution < -0.4 is 5.11 Å². The standard InChI is InChI=1S/C18H26O5/c1-2-23-18(21)16(17(19)20)12-8-3-4-9-13-22-14-15-10-6-5-7-11-15/h5-7,10-11,16H,2-4,8-9,12-14H2,1H3,(H,19,20)/p-1. The molecule has 0 N–H and O–H groups in total. The van der Waals surface area contributed by atoms with Gasteiger partial charge in [0.25, 0.3) is 0 Å². The van der Waals surface area contributed by atoms with Crippen LogP contribution >= 0.6 is 0 Å². The van der Waals surface area contributed by atoms with Crippen molar-refractivity contribution in [2.75, 3.05) is 13.2 Å². The first-order chi connectivity index (χ1) is 11.1. The fourth-order valence-electron chi connectivity index (χ4n) is 2.25. The number of hydrogen-bond donors (Lipinski definition) is 0. The molecule has 0 saturated heterocycles. The SMILES string of the molecule is CCOC(=O)C(CCCCCCOCc1ccccc1)C(=O)[O-]. The van der Waals surface area contributed by atoms with Gasteiger partial charge in [0.05, 0.1) is 25.1 Å². The molecule has 0 aliphatic carbocycles. The maximum absolute atomic E-state index is 11.5. The number of aliphatic carboxylic acids is 1. The maximum atomic E-state index is 11.5. The second kappa shape index (κ2) is 11.7. The molecule has 1 atom stereocenters. The van der Waals surface area contributed by atoms with Gasteiger partial charge in [0.15, 0.2) is 0 Å². The fraction of sp³-hybridized carbons (Fsp3) is 0.556. The number of carboxylic acid groups (broad SMARTS) is 1. The zero-order chi connectivity index (χ0) is 16.9. The van der Waals surface area contributed by atoms with E-state index in [0.29, 0.717) is 19.6 Å². The summed E-state index contributed by atoms with van der Waals surface area (Å²) in [4.78, 5) is 22.4. The van der Waals surface area contributed by atoms with Gasteiger partial charge in [-0.1, -0.05) is 49.6 Å². The second-order valence-corrected chi connectivity index (χ2v) is 5.36. The molecule has 5 heteroatoms. The summed E-state index contributed by atoms with van der Waals surface area (Å²) < 4.78 is 10.3. The topological polar surface area (TPSA) is 75.7 Å². The number of carbonyl (C=O) groups is 2. The van der Waals surface area contributed by atoms with Crippen molar-refractivity contribution in [3.8, 4) is 0 Å². The van der Waals surface area contributed by atoms with Crippen molar-refractivity contribution < 1.29 is 24.2 Å². The highest BCUT2D eigenvalue weighted by atomic mass is 16.5. The van der Waals surface area contributed by atoms with Crippen LogP contribution in [0.25, 0.3) is 0 Å². The van der Waals surface area contributed by atoms with Gasteiger partial charge in [0, 0.05) is 6.61 Å². The van der Waals surface area contributed by atoms with Crippen molar-refractivity contribution >= 4 is 11.9 Å². The molecule has 1 rings (SSSR count). The maximum Gasteiger partial charge on any atom is 0.314 e. The van der Waals surface area contributed by atoms with Crippen molar-refractivity contribution in [1.82, 2.24) is 0 Å². The molecule has 5 nitrogen and oxygen atoms in total. The number of unbranched alkanes of at least 4 members (excludes halogenated alkanes) is 3. The van der Waals surface area contributed by atoms with Crippen molar-refractivity contribution in [1.29, 1.82) is 0 Å². The molecule has 1 aromatic carbocycles. The third-order valence-corrected chi connectivity index (χ3v) is 3.50. The van der Waals surface area contributed by atoms with E-state index in [0.717, 1.165) is 24.8 Å². The van der Waals surface area contributed by atoms with Crippen LogP contribution in [-0.4, -0.2) is 25.2 Å². The summed E-state index contributed by atoms with van der Waals surface area (Å²) in [5.74, 6) is -3.20. The Morgan fingerprint density at radius 1 is 1.09 bits per heavy atom. The summed E-state index contributed by atoms with van der Waals surface area (Å²) in [7, 11) is 0. The molecule has 0 aliphatic rings.